The molecule has 0 N–H and O–H groups in total. The molecule has 0 aliphatic rings. The van der Waals surface area contributed by atoms with E-state index in [1.807, 2.05) is 16.7 Å². The Morgan fingerprint density at radius 3 is 2.95 bits per heavy atom. The third-order valence-electron chi connectivity index (χ3n) is 3.35. The van der Waals surface area contributed by atoms with Crippen molar-refractivity contribution >= 4 is 33.7 Å². The number of aromatic nitrogens is 5. The second kappa shape index (κ2) is 4.79. The van der Waals surface area contributed by atoms with Crippen LogP contribution in [0.25, 0.3) is 22.1 Å². The summed E-state index contributed by atoms with van der Waals surface area (Å²) in [5.41, 5.74) is 3.62. The van der Waals surface area contributed by atoms with Gasteiger partial charge in [-0.15, -0.1) is 0 Å². The van der Waals surface area contributed by atoms with Crippen LogP contribution in [0.3, 0.4) is 0 Å². The zero-order chi connectivity index (χ0) is 14.2. The first-order chi connectivity index (χ1) is 10.3. The van der Waals surface area contributed by atoms with Crippen LogP contribution in [0.1, 0.15) is 5.56 Å². The average Bonchev–Trinajstić information content (AvgIpc) is 2.89. The molecular weight excluding hydrogens is 286 g/mol. The normalized spacial score (nSPS) is 11.3. The number of hydrogen-bond donors (Lipinski definition) is 0. The summed E-state index contributed by atoms with van der Waals surface area (Å²) in [5, 5.41) is 1.35. The van der Waals surface area contributed by atoms with Crippen LogP contribution in [0.15, 0.2) is 49.1 Å². The molecule has 0 saturated heterocycles. The number of nitrogens with zero attached hydrogens (tertiary/aromatic N) is 5. The first-order valence-electron chi connectivity index (χ1n) is 6.47. The summed E-state index contributed by atoms with van der Waals surface area (Å²) in [6.07, 6.45) is 5.18. The van der Waals surface area contributed by atoms with E-state index in [4.69, 9.17) is 11.6 Å². The fourth-order valence-electron chi connectivity index (χ4n) is 2.37. The van der Waals surface area contributed by atoms with Crippen molar-refractivity contribution in [2.75, 3.05) is 0 Å². The summed E-state index contributed by atoms with van der Waals surface area (Å²) < 4.78 is 1.96. The molecule has 0 fully saturated rings. The maximum absolute atomic E-state index is 5.86. The number of halogens is 1. The molecule has 0 aliphatic heterocycles. The molecule has 4 rings (SSSR count). The summed E-state index contributed by atoms with van der Waals surface area (Å²) in [7, 11) is 0. The van der Waals surface area contributed by atoms with E-state index in [0.29, 0.717) is 6.54 Å². The Morgan fingerprint density at radius 2 is 2.00 bits per heavy atom. The lowest BCUT2D eigenvalue weighted by molar-refractivity contribution is 0.814. The lowest BCUT2D eigenvalue weighted by Crippen LogP contribution is -1.99. The van der Waals surface area contributed by atoms with Gasteiger partial charge in [0.15, 0.2) is 5.65 Å². The van der Waals surface area contributed by atoms with Crippen molar-refractivity contribution in [1.29, 1.82) is 0 Å². The van der Waals surface area contributed by atoms with Gasteiger partial charge < -0.3 is 4.57 Å². The van der Waals surface area contributed by atoms with Crippen molar-refractivity contribution in [3.63, 3.8) is 0 Å². The van der Waals surface area contributed by atoms with Crippen molar-refractivity contribution < 1.29 is 0 Å². The zero-order valence-electron chi connectivity index (χ0n) is 10.9. The smallest absolute Gasteiger partial charge is 0.224 e. The lowest BCUT2D eigenvalue weighted by atomic mass is 10.1. The molecule has 0 atom stereocenters. The molecular formula is C15H10ClN5. The number of hydrogen-bond acceptors (Lipinski definition) is 4. The van der Waals surface area contributed by atoms with Crippen LogP contribution in [-0.2, 0) is 6.54 Å². The van der Waals surface area contributed by atoms with Crippen LogP contribution in [0, 0.1) is 0 Å². The quantitative estimate of drug-likeness (QED) is 0.533. The lowest BCUT2D eigenvalue weighted by Gasteiger charge is -2.05. The number of benzene rings is 1. The standard InChI is InChI=1S/C15H10ClN5/c16-15-18-7-13-14(20-15)21(9-19-13)8-10-3-4-12-11(6-10)2-1-5-17-12/h1-7,9H,8H2. The van der Waals surface area contributed by atoms with Gasteiger partial charge in [0.05, 0.1) is 24.6 Å². The van der Waals surface area contributed by atoms with Gasteiger partial charge in [0, 0.05) is 11.6 Å². The highest BCUT2D eigenvalue weighted by molar-refractivity contribution is 6.28. The molecule has 5 nitrogen and oxygen atoms in total. The third kappa shape index (κ3) is 2.21. The summed E-state index contributed by atoms with van der Waals surface area (Å²) in [6, 6.07) is 10.2. The van der Waals surface area contributed by atoms with E-state index in [1.54, 1.807) is 18.7 Å². The highest BCUT2D eigenvalue weighted by Crippen LogP contribution is 2.17. The largest absolute Gasteiger partial charge is 0.311 e. The van der Waals surface area contributed by atoms with Gasteiger partial charge in [0.25, 0.3) is 0 Å². The SMILES string of the molecule is Clc1ncc2ncn(Cc3ccc4ncccc4c3)c2n1. The molecule has 3 aromatic heterocycles. The molecule has 0 bridgehead atoms. The second-order valence-corrected chi connectivity index (χ2v) is 5.09. The van der Waals surface area contributed by atoms with E-state index in [1.165, 1.54) is 0 Å². The molecule has 0 saturated carbocycles. The third-order valence-corrected chi connectivity index (χ3v) is 3.53. The molecule has 0 aliphatic carbocycles. The molecule has 3 heterocycles. The molecule has 21 heavy (non-hydrogen) atoms. The van der Waals surface area contributed by atoms with Crippen LogP contribution in [0.4, 0.5) is 0 Å². The molecule has 0 spiro atoms. The van der Waals surface area contributed by atoms with E-state index in [-0.39, 0.29) is 5.28 Å². The molecule has 1 aromatic carbocycles. The predicted octanol–water partition coefficient (Wildman–Crippen LogP) is 3.08. The fraction of sp³-hybridized carbons (Fsp3) is 0.0667. The zero-order valence-corrected chi connectivity index (χ0v) is 11.7. The van der Waals surface area contributed by atoms with Crippen molar-refractivity contribution in [3.05, 3.63) is 59.9 Å². The van der Waals surface area contributed by atoms with Gasteiger partial charge in [-0.1, -0.05) is 12.1 Å². The van der Waals surface area contributed by atoms with Crippen LogP contribution < -0.4 is 0 Å². The summed E-state index contributed by atoms with van der Waals surface area (Å²) in [5.74, 6) is 0. The van der Waals surface area contributed by atoms with E-state index in [0.717, 1.165) is 27.6 Å². The van der Waals surface area contributed by atoms with Gasteiger partial charge in [-0.2, -0.15) is 4.98 Å². The fourth-order valence-corrected chi connectivity index (χ4v) is 2.50. The number of rotatable bonds is 2. The Bertz CT molecular complexity index is 947. The van der Waals surface area contributed by atoms with Crippen LogP contribution in [0.5, 0.6) is 0 Å². The van der Waals surface area contributed by atoms with E-state index in [2.05, 4.69) is 38.1 Å². The van der Waals surface area contributed by atoms with E-state index >= 15 is 0 Å². The Hall–Kier alpha value is -2.53. The highest BCUT2D eigenvalue weighted by Gasteiger charge is 2.06. The van der Waals surface area contributed by atoms with Crippen molar-refractivity contribution in [3.8, 4) is 0 Å². The summed E-state index contributed by atoms with van der Waals surface area (Å²) in [6.45, 7) is 0.675. The molecule has 0 radical (unpaired) electrons. The maximum atomic E-state index is 5.86. The number of pyridine rings is 1. The van der Waals surface area contributed by atoms with Gasteiger partial charge in [0.1, 0.15) is 5.52 Å². The van der Waals surface area contributed by atoms with E-state index < -0.39 is 0 Å². The topological polar surface area (TPSA) is 56.5 Å². The van der Waals surface area contributed by atoms with Gasteiger partial charge in [-0.3, -0.25) is 4.98 Å². The predicted molar refractivity (Wildman–Crippen MR) is 81.2 cm³/mol. The molecule has 0 amide bonds. The molecule has 0 unspecified atom stereocenters. The second-order valence-electron chi connectivity index (χ2n) is 4.75. The highest BCUT2D eigenvalue weighted by atomic mass is 35.5. The minimum Gasteiger partial charge on any atom is -0.311 e. The van der Waals surface area contributed by atoms with Gasteiger partial charge >= 0.3 is 0 Å². The molecule has 102 valence electrons. The Kier molecular flexibility index (Phi) is 2.79. The van der Waals surface area contributed by atoms with Gasteiger partial charge in [0.2, 0.25) is 5.28 Å². The maximum Gasteiger partial charge on any atom is 0.224 e. The summed E-state index contributed by atoms with van der Waals surface area (Å²) >= 11 is 5.86. The first kappa shape index (κ1) is 12.2. The Balaban J connectivity index is 1.77. The van der Waals surface area contributed by atoms with Crippen molar-refractivity contribution in [2.24, 2.45) is 0 Å². The van der Waals surface area contributed by atoms with Crippen LogP contribution in [-0.4, -0.2) is 24.5 Å². The van der Waals surface area contributed by atoms with Gasteiger partial charge in [-0.25, -0.2) is 9.97 Å². The summed E-state index contributed by atoms with van der Waals surface area (Å²) in [4.78, 5) is 16.8. The van der Waals surface area contributed by atoms with Crippen molar-refractivity contribution in [2.45, 2.75) is 6.54 Å². The minimum atomic E-state index is 0.229. The van der Waals surface area contributed by atoms with E-state index in [9.17, 15) is 0 Å². The van der Waals surface area contributed by atoms with Crippen LogP contribution >= 0.6 is 11.6 Å². The Morgan fingerprint density at radius 1 is 1.05 bits per heavy atom. The number of fused-ring (bicyclic) bond motifs is 2. The number of imidazole rings is 1. The van der Waals surface area contributed by atoms with Gasteiger partial charge in [-0.05, 0) is 35.4 Å². The first-order valence-corrected chi connectivity index (χ1v) is 6.84. The monoisotopic (exact) mass is 295 g/mol. The average molecular weight is 296 g/mol. The molecule has 6 heteroatoms. The molecule has 4 aromatic rings. The Labute approximate surface area is 125 Å². The van der Waals surface area contributed by atoms with Crippen LogP contribution in [0.2, 0.25) is 5.28 Å². The van der Waals surface area contributed by atoms with Crippen molar-refractivity contribution in [1.82, 2.24) is 24.5 Å². The minimum absolute atomic E-state index is 0.229.